The van der Waals surface area contributed by atoms with Crippen molar-refractivity contribution in [3.8, 4) is 0 Å². The van der Waals surface area contributed by atoms with E-state index in [1.54, 1.807) is 7.11 Å². The van der Waals surface area contributed by atoms with Gasteiger partial charge in [-0.1, -0.05) is 0 Å². The van der Waals surface area contributed by atoms with E-state index >= 15 is 0 Å². The zero-order valence-electron chi connectivity index (χ0n) is 12.2. The third kappa shape index (κ3) is 6.73. The summed E-state index contributed by atoms with van der Waals surface area (Å²) in [7, 11) is 3.59. The number of hydrogen-bond acceptors (Lipinski definition) is 5. The van der Waals surface area contributed by atoms with Crippen LogP contribution < -0.4 is 5.32 Å². The summed E-state index contributed by atoms with van der Waals surface area (Å²) >= 11 is 0. The van der Waals surface area contributed by atoms with E-state index in [1.807, 2.05) is 20.0 Å². The largest absolute Gasteiger partial charge is 0.465 e. The lowest BCUT2D eigenvalue weighted by atomic mass is 10.2. The molecule has 1 rings (SSSR count). The summed E-state index contributed by atoms with van der Waals surface area (Å²) in [4.78, 5) is 0. The molecule has 5 heteroatoms. The minimum absolute atomic E-state index is 0.570. The van der Waals surface area contributed by atoms with Crippen LogP contribution in [0.1, 0.15) is 23.5 Å². The molecule has 0 unspecified atom stereocenters. The van der Waals surface area contributed by atoms with E-state index in [2.05, 4.69) is 5.32 Å². The summed E-state index contributed by atoms with van der Waals surface area (Å²) in [5, 5.41) is 3.06. The van der Waals surface area contributed by atoms with Crippen LogP contribution in [0, 0.1) is 6.92 Å². The number of rotatable bonds is 11. The van der Waals surface area contributed by atoms with Gasteiger partial charge in [0.1, 0.15) is 11.5 Å². The zero-order chi connectivity index (χ0) is 13.9. The third-order valence-electron chi connectivity index (χ3n) is 2.69. The van der Waals surface area contributed by atoms with Gasteiger partial charge in [-0.3, -0.25) is 0 Å². The van der Waals surface area contributed by atoms with Crippen LogP contribution in [0.4, 0.5) is 0 Å². The summed E-state index contributed by atoms with van der Waals surface area (Å²) in [6.07, 6.45) is 0.921. The molecule has 0 saturated heterocycles. The fourth-order valence-corrected chi connectivity index (χ4v) is 1.70. The van der Waals surface area contributed by atoms with E-state index in [1.165, 1.54) is 0 Å². The van der Waals surface area contributed by atoms with E-state index in [0.717, 1.165) is 36.7 Å². The van der Waals surface area contributed by atoms with Crippen molar-refractivity contribution in [2.75, 3.05) is 40.6 Å². The molecule has 1 aromatic rings. The second kappa shape index (κ2) is 9.97. The highest BCUT2D eigenvalue weighted by atomic mass is 16.5. The van der Waals surface area contributed by atoms with Crippen LogP contribution in [-0.2, 0) is 27.4 Å². The Morgan fingerprint density at radius 1 is 1.16 bits per heavy atom. The van der Waals surface area contributed by atoms with Gasteiger partial charge in [0, 0.05) is 25.9 Å². The lowest BCUT2D eigenvalue weighted by Crippen LogP contribution is -2.06. The van der Waals surface area contributed by atoms with Gasteiger partial charge in [-0.15, -0.1) is 0 Å². The van der Waals surface area contributed by atoms with Crippen molar-refractivity contribution >= 4 is 0 Å². The predicted octanol–water partition coefficient (Wildman–Crippen LogP) is 1.88. The third-order valence-corrected chi connectivity index (χ3v) is 2.69. The van der Waals surface area contributed by atoms with Crippen LogP contribution >= 0.6 is 0 Å². The van der Waals surface area contributed by atoms with Crippen LogP contribution in [0.2, 0.25) is 0 Å². The molecule has 1 heterocycles. The molecule has 110 valence electrons. The summed E-state index contributed by atoms with van der Waals surface area (Å²) in [5.74, 6) is 1.86. The summed E-state index contributed by atoms with van der Waals surface area (Å²) in [5.41, 5.74) is 1.10. The summed E-state index contributed by atoms with van der Waals surface area (Å²) in [6.45, 7) is 5.93. The fourth-order valence-electron chi connectivity index (χ4n) is 1.70. The van der Waals surface area contributed by atoms with Crippen LogP contribution in [0.3, 0.4) is 0 Å². The Morgan fingerprint density at radius 3 is 2.68 bits per heavy atom. The number of ether oxygens (including phenoxy) is 3. The molecule has 5 nitrogen and oxygen atoms in total. The van der Waals surface area contributed by atoms with Crippen molar-refractivity contribution in [2.24, 2.45) is 0 Å². The van der Waals surface area contributed by atoms with Crippen molar-refractivity contribution in [1.29, 1.82) is 0 Å². The van der Waals surface area contributed by atoms with E-state index in [9.17, 15) is 0 Å². The molecule has 1 aromatic heterocycles. The van der Waals surface area contributed by atoms with Gasteiger partial charge in [0.25, 0.3) is 0 Å². The molecule has 0 aliphatic rings. The monoisotopic (exact) mass is 271 g/mol. The molecule has 0 spiro atoms. The predicted molar refractivity (Wildman–Crippen MR) is 73.2 cm³/mol. The molecule has 0 radical (unpaired) electrons. The lowest BCUT2D eigenvalue weighted by Gasteiger charge is -2.05. The van der Waals surface area contributed by atoms with Gasteiger partial charge in [0.15, 0.2) is 0 Å². The van der Waals surface area contributed by atoms with E-state index in [-0.39, 0.29) is 0 Å². The molecule has 0 aliphatic heterocycles. The maximum Gasteiger partial charge on any atom is 0.118 e. The lowest BCUT2D eigenvalue weighted by molar-refractivity contribution is 0.0334. The van der Waals surface area contributed by atoms with Gasteiger partial charge in [-0.25, -0.2) is 0 Å². The SMILES string of the molecule is CNCc1cc(COCCOCCCOC)c(C)o1. The van der Waals surface area contributed by atoms with Crippen LogP contribution in [0.5, 0.6) is 0 Å². The molecular weight excluding hydrogens is 246 g/mol. The van der Waals surface area contributed by atoms with E-state index in [4.69, 9.17) is 18.6 Å². The first-order chi connectivity index (χ1) is 9.27. The quantitative estimate of drug-likeness (QED) is 0.623. The minimum atomic E-state index is 0.570. The number of methoxy groups -OCH3 is 1. The Bertz CT molecular complexity index is 338. The smallest absolute Gasteiger partial charge is 0.118 e. The molecule has 0 bridgehead atoms. The number of hydrogen-bond donors (Lipinski definition) is 1. The molecule has 0 fully saturated rings. The maximum absolute atomic E-state index is 5.59. The topological polar surface area (TPSA) is 52.9 Å². The maximum atomic E-state index is 5.59. The highest BCUT2D eigenvalue weighted by molar-refractivity contribution is 5.19. The first kappa shape index (κ1) is 16.2. The van der Waals surface area contributed by atoms with Crippen molar-refractivity contribution in [2.45, 2.75) is 26.5 Å². The minimum Gasteiger partial charge on any atom is -0.465 e. The van der Waals surface area contributed by atoms with Crippen molar-refractivity contribution in [3.05, 3.63) is 23.2 Å². The highest BCUT2D eigenvalue weighted by Crippen LogP contribution is 2.15. The second-order valence-corrected chi connectivity index (χ2v) is 4.34. The van der Waals surface area contributed by atoms with Crippen molar-refractivity contribution in [3.63, 3.8) is 0 Å². The number of aryl methyl sites for hydroxylation is 1. The summed E-state index contributed by atoms with van der Waals surface area (Å²) < 4.78 is 21.5. The van der Waals surface area contributed by atoms with Crippen LogP contribution in [0.25, 0.3) is 0 Å². The molecule has 1 N–H and O–H groups in total. The average Bonchev–Trinajstić information content (AvgIpc) is 2.74. The van der Waals surface area contributed by atoms with Gasteiger partial charge in [0.2, 0.25) is 0 Å². The van der Waals surface area contributed by atoms with Crippen molar-refractivity contribution in [1.82, 2.24) is 5.32 Å². The van der Waals surface area contributed by atoms with Crippen LogP contribution in [0.15, 0.2) is 10.5 Å². The molecule has 0 aromatic carbocycles. The first-order valence-electron chi connectivity index (χ1n) is 6.65. The van der Waals surface area contributed by atoms with E-state index in [0.29, 0.717) is 26.4 Å². The fraction of sp³-hybridized carbons (Fsp3) is 0.714. The van der Waals surface area contributed by atoms with E-state index < -0.39 is 0 Å². The van der Waals surface area contributed by atoms with Gasteiger partial charge in [-0.05, 0) is 26.5 Å². The Hall–Kier alpha value is -0.880. The molecular formula is C14H25NO4. The Kier molecular flexibility index (Phi) is 8.49. The Balaban J connectivity index is 2.08. The molecule has 0 aliphatic carbocycles. The number of nitrogens with one attached hydrogen (secondary N) is 1. The molecule has 19 heavy (non-hydrogen) atoms. The second-order valence-electron chi connectivity index (χ2n) is 4.34. The number of furan rings is 1. The molecule has 0 atom stereocenters. The Morgan fingerprint density at radius 2 is 1.95 bits per heavy atom. The first-order valence-corrected chi connectivity index (χ1v) is 6.65. The van der Waals surface area contributed by atoms with Gasteiger partial charge < -0.3 is 23.9 Å². The van der Waals surface area contributed by atoms with Gasteiger partial charge >= 0.3 is 0 Å². The summed E-state index contributed by atoms with van der Waals surface area (Å²) in [6, 6.07) is 2.03. The van der Waals surface area contributed by atoms with Gasteiger partial charge in [0.05, 0.1) is 26.4 Å². The zero-order valence-corrected chi connectivity index (χ0v) is 12.2. The van der Waals surface area contributed by atoms with Gasteiger partial charge in [-0.2, -0.15) is 0 Å². The molecule has 0 saturated carbocycles. The Labute approximate surface area is 115 Å². The normalized spacial score (nSPS) is 11.1. The average molecular weight is 271 g/mol. The van der Waals surface area contributed by atoms with Crippen LogP contribution in [-0.4, -0.2) is 40.6 Å². The standard InChI is InChI=1S/C14H25NO4/c1-12-13(9-14(19-12)10-15-2)11-18-8-7-17-6-4-5-16-3/h9,15H,4-8,10-11H2,1-3H3. The van der Waals surface area contributed by atoms with Crippen molar-refractivity contribution < 1.29 is 18.6 Å². The highest BCUT2D eigenvalue weighted by Gasteiger charge is 2.06. The molecule has 0 amide bonds.